The first-order chi connectivity index (χ1) is 13.3. The second kappa shape index (κ2) is 6.36. The zero-order valence-electron chi connectivity index (χ0n) is 15.1. The maximum atomic E-state index is 5.25. The predicted molar refractivity (Wildman–Crippen MR) is 111 cm³/mol. The molecule has 0 bridgehead atoms. The molecule has 0 amide bonds. The van der Waals surface area contributed by atoms with Crippen molar-refractivity contribution in [2.75, 3.05) is 7.11 Å². The molecule has 0 aliphatic carbocycles. The van der Waals surface area contributed by atoms with Gasteiger partial charge in [-0.05, 0) is 63.9 Å². The Labute approximate surface area is 157 Å². The maximum absolute atomic E-state index is 5.25. The Morgan fingerprint density at radius 3 is 2.41 bits per heavy atom. The molecule has 0 radical (unpaired) electrons. The van der Waals surface area contributed by atoms with Crippen molar-refractivity contribution in [3.8, 4) is 16.9 Å². The molecule has 0 saturated heterocycles. The molecule has 3 nitrogen and oxygen atoms in total. The maximum Gasteiger partial charge on any atom is 0.118 e. The minimum Gasteiger partial charge on any atom is -0.497 e. The highest BCUT2D eigenvalue weighted by atomic mass is 16.5. The van der Waals surface area contributed by atoms with E-state index in [1.54, 1.807) is 7.11 Å². The van der Waals surface area contributed by atoms with E-state index in [2.05, 4.69) is 76.4 Å². The number of hydrogen-bond donors (Lipinski definition) is 1. The minimum atomic E-state index is 0.840. The van der Waals surface area contributed by atoms with E-state index in [-0.39, 0.29) is 0 Å². The second-order valence-electron chi connectivity index (χ2n) is 6.85. The first-order valence-corrected chi connectivity index (χ1v) is 9.09. The molecule has 0 fully saturated rings. The van der Waals surface area contributed by atoms with Crippen LogP contribution in [0.15, 0.2) is 85.2 Å². The van der Waals surface area contributed by atoms with Gasteiger partial charge in [0, 0.05) is 30.0 Å². The smallest absolute Gasteiger partial charge is 0.118 e. The number of methoxy groups -OCH3 is 1. The van der Waals surface area contributed by atoms with Crippen LogP contribution in [0.1, 0.15) is 5.56 Å². The Balaban J connectivity index is 1.53. The molecule has 2 heterocycles. The fourth-order valence-corrected chi connectivity index (χ4v) is 3.66. The van der Waals surface area contributed by atoms with Gasteiger partial charge in [0.1, 0.15) is 5.75 Å². The second-order valence-corrected chi connectivity index (χ2v) is 6.85. The lowest BCUT2D eigenvalue weighted by Crippen LogP contribution is -1.98. The van der Waals surface area contributed by atoms with Crippen LogP contribution in [0.2, 0.25) is 0 Å². The number of aromatic amines is 1. The lowest BCUT2D eigenvalue weighted by Gasteiger charge is -2.09. The predicted octanol–water partition coefficient (Wildman–Crippen LogP) is 5.85. The molecule has 132 valence electrons. The van der Waals surface area contributed by atoms with Gasteiger partial charge in [0.2, 0.25) is 0 Å². The molecule has 3 aromatic carbocycles. The van der Waals surface area contributed by atoms with Crippen molar-refractivity contribution >= 4 is 21.8 Å². The molecular formula is C24H20N2O. The molecule has 1 N–H and O–H groups in total. The van der Waals surface area contributed by atoms with Crippen molar-refractivity contribution in [1.82, 2.24) is 9.55 Å². The first kappa shape index (κ1) is 15.8. The fourth-order valence-electron chi connectivity index (χ4n) is 3.66. The SMILES string of the molecule is COc1ccc(Cn2ccc3ccc(-c4ccc5cc[nH]c5c4)cc32)cc1. The van der Waals surface area contributed by atoms with E-state index in [9.17, 15) is 0 Å². The van der Waals surface area contributed by atoms with Gasteiger partial charge in [-0.2, -0.15) is 0 Å². The quantitative estimate of drug-likeness (QED) is 0.432. The number of ether oxygens (including phenoxy) is 1. The Morgan fingerprint density at radius 1 is 0.815 bits per heavy atom. The summed E-state index contributed by atoms with van der Waals surface area (Å²) in [5.74, 6) is 0.887. The number of nitrogens with zero attached hydrogens (tertiary/aromatic N) is 1. The topological polar surface area (TPSA) is 29.9 Å². The number of H-pyrrole nitrogens is 1. The molecule has 0 spiro atoms. The number of benzene rings is 3. The van der Waals surface area contributed by atoms with Gasteiger partial charge in [-0.15, -0.1) is 0 Å². The van der Waals surface area contributed by atoms with Crippen molar-refractivity contribution in [3.63, 3.8) is 0 Å². The average Bonchev–Trinajstić information content (AvgIpc) is 3.34. The normalized spacial score (nSPS) is 11.3. The van der Waals surface area contributed by atoms with Gasteiger partial charge in [0.25, 0.3) is 0 Å². The molecule has 0 saturated carbocycles. The Kier molecular flexibility index (Phi) is 3.72. The van der Waals surface area contributed by atoms with Crippen LogP contribution in [-0.2, 0) is 6.54 Å². The zero-order chi connectivity index (χ0) is 18.2. The van der Waals surface area contributed by atoms with Crippen molar-refractivity contribution < 1.29 is 4.74 Å². The number of fused-ring (bicyclic) bond motifs is 2. The van der Waals surface area contributed by atoms with Crippen molar-refractivity contribution in [2.45, 2.75) is 6.54 Å². The highest BCUT2D eigenvalue weighted by molar-refractivity contribution is 5.89. The van der Waals surface area contributed by atoms with E-state index in [1.807, 2.05) is 18.3 Å². The number of rotatable bonds is 4. The highest BCUT2D eigenvalue weighted by Gasteiger charge is 2.06. The van der Waals surface area contributed by atoms with Crippen LogP contribution in [0.4, 0.5) is 0 Å². The molecule has 27 heavy (non-hydrogen) atoms. The van der Waals surface area contributed by atoms with Crippen LogP contribution in [0, 0.1) is 0 Å². The summed E-state index contributed by atoms with van der Waals surface area (Å²) in [4.78, 5) is 3.30. The summed E-state index contributed by atoms with van der Waals surface area (Å²) in [5.41, 5.74) is 6.13. The summed E-state index contributed by atoms with van der Waals surface area (Å²) < 4.78 is 7.55. The van der Waals surface area contributed by atoms with E-state index in [1.165, 1.54) is 38.5 Å². The lowest BCUT2D eigenvalue weighted by atomic mass is 10.0. The third kappa shape index (κ3) is 2.87. The van der Waals surface area contributed by atoms with Crippen molar-refractivity contribution in [3.05, 3.63) is 90.8 Å². The highest BCUT2D eigenvalue weighted by Crippen LogP contribution is 2.28. The largest absolute Gasteiger partial charge is 0.497 e. The molecule has 0 unspecified atom stereocenters. The summed E-state index contributed by atoms with van der Waals surface area (Å²) in [5, 5.41) is 2.50. The first-order valence-electron chi connectivity index (χ1n) is 9.09. The van der Waals surface area contributed by atoms with Crippen LogP contribution in [0.3, 0.4) is 0 Å². The molecule has 3 heteroatoms. The summed E-state index contributed by atoms with van der Waals surface area (Å²) in [6.45, 7) is 0.840. The molecule has 0 aliphatic heterocycles. The van der Waals surface area contributed by atoms with Crippen LogP contribution >= 0.6 is 0 Å². The molecule has 0 atom stereocenters. The lowest BCUT2D eigenvalue weighted by molar-refractivity contribution is 0.414. The molecule has 0 aliphatic rings. The third-order valence-electron chi connectivity index (χ3n) is 5.17. The Hall–Kier alpha value is -3.46. The van der Waals surface area contributed by atoms with Crippen LogP contribution in [0.5, 0.6) is 5.75 Å². The fraction of sp³-hybridized carbons (Fsp3) is 0.0833. The van der Waals surface area contributed by atoms with Crippen LogP contribution in [0.25, 0.3) is 32.9 Å². The molecule has 5 rings (SSSR count). The Bertz CT molecular complexity index is 1230. The van der Waals surface area contributed by atoms with Gasteiger partial charge in [0.15, 0.2) is 0 Å². The zero-order valence-corrected chi connectivity index (χ0v) is 15.1. The van der Waals surface area contributed by atoms with Gasteiger partial charge in [-0.25, -0.2) is 0 Å². The number of aromatic nitrogens is 2. The molecular weight excluding hydrogens is 332 g/mol. The van der Waals surface area contributed by atoms with E-state index < -0.39 is 0 Å². The van der Waals surface area contributed by atoms with Gasteiger partial charge in [-0.3, -0.25) is 0 Å². The van der Waals surface area contributed by atoms with Gasteiger partial charge >= 0.3 is 0 Å². The standard InChI is InChI=1S/C24H20N2O/c1-27-22-8-2-17(3-9-22)16-26-13-11-19-5-7-21(15-24(19)26)20-6-4-18-10-12-25-23(18)14-20/h2-15,25H,16H2,1H3. The molecule has 2 aromatic heterocycles. The third-order valence-corrected chi connectivity index (χ3v) is 5.17. The van der Waals surface area contributed by atoms with Crippen molar-refractivity contribution in [1.29, 1.82) is 0 Å². The minimum absolute atomic E-state index is 0.840. The van der Waals surface area contributed by atoms with Gasteiger partial charge in [-0.1, -0.05) is 36.4 Å². The van der Waals surface area contributed by atoms with Gasteiger partial charge in [0.05, 0.1) is 7.11 Å². The van der Waals surface area contributed by atoms with Crippen molar-refractivity contribution in [2.24, 2.45) is 0 Å². The number of nitrogens with one attached hydrogen (secondary N) is 1. The van der Waals surface area contributed by atoms with Crippen LogP contribution < -0.4 is 4.74 Å². The van der Waals surface area contributed by atoms with E-state index >= 15 is 0 Å². The summed E-state index contributed by atoms with van der Waals surface area (Å²) in [6.07, 6.45) is 4.14. The summed E-state index contributed by atoms with van der Waals surface area (Å²) in [7, 11) is 1.69. The van der Waals surface area contributed by atoms with E-state index in [4.69, 9.17) is 4.74 Å². The van der Waals surface area contributed by atoms with Gasteiger partial charge < -0.3 is 14.3 Å². The summed E-state index contributed by atoms with van der Waals surface area (Å²) in [6, 6.07) is 25.8. The van der Waals surface area contributed by atoms with Crippen LogP contribution in [-0.4, -0.2) is 16.7 Å². The summed E-state index contributed by atoms with van der Waals surface area (Å²) >= 11 is 0. The Morgan fingerprint density at radius 2 is 1.59 bits per heavy atom. The monoisotopic (exact) mass is 352 g/mol. The van der Waals surface area contributed by atoms with E-state index in [0.717, 1.165) is 12.3 Å². The molecule has 5 aromatic rings. The van der Waals surface area contributed by atoms with E-state index in [0.29, 0.717) is 0 Å². The average molecular weight is 352 g/mol. The number of hydrogen-bond acceptors (Lipinski definition) is 1.